The number of hydrogen-bond acceptors (Lipinski definition) is 4. The predicted octanol–water partition coefficient (Wildman–Crippen LogP) is 2.47. The first kappa shape index (κ1) is 17.4. The Kier molecular flexibility index (Phi) is 5.98. The van der Waals surface area contributed by atoms with E-state index in [0.717, 1.165) is 18.5 Å². The number of halogens is 1. The van der Waals surface area contributed by atoms with E-state index in [9.17, 15) is 8.42 Å². The van der Waals surface area contributed by atoms with Crippen LogP contribution >= 0.6 is 11.6 Å². The summed E-state index contributed by atoms with van der Waals surface area (Å²) in [6.45, 7) is 6.33. The minimum atomic E-state index is -3.19. The van der Waals surface area contributed by atoms with Gasteiger partial charge in [0, 0.05) is 24.7 Å². The van der Waals surface area contributed by atoms with E-state index < -0.39 is 14.6 Å². The van der Waals surface area contributed by atoms with Gasteiger partial charge in [0.1, 0.15) is 0 Å². The molecule has 0 bridgehead atoms. The molecule has 0 aromatic carbocycles. The zero-order valence-corrected chi connectivity index (χ0v) is 14.1. The number of pyridine rings is 1. The van der Waals surface area contributed by atoms with E-state index in [2.05, 4.69) is 17.2 Å². The molecule has 1 aromatic rings. The van der Waals surface area contributed by atoms with Crippen molar-refractivity contribution >= 4 is 21.4 Å². The van der Waals surface area contributed by atoms with Gasteiger partial charge in [0.2, 0.25) is 0 Å². The fourth-order valence-electron chi connectivity index (χ4n) is 1.93. The van der Waals surface area contributed by atoms with Crippen molar-refractivity contribution in [1.29, 1.82) is 0 Å². The summed E-state index contributed by atoms with van der Waals surface area (Å²) >= 11 is 6.13. The number of nitrogens with zero attached hydrogens (tertiary/aromatic N) is 1. The maximum atomic E-state index is 12.0. The Balaban J connectivity index is 3.05. The first-order chi connectivity index (χ1) is 9.20. The van der Waals surface area contributed by atoms with Crippen LogP contribution in [0.2, 0.25) is 5.02 Å². The summed E-state index contributed by atoms with van der Waals surface area (Å²) in [6, 6.07) is 1.64. The second-order valence-electron chi connectivity index (χ2n) is 5.55. The van der Waals surface area contributed by atoms with Gasteiger partial charge < -0.3 is 5.32 Å². The molecule has 1 N–H and O–H groups in total. The number of hydrogen-bond donors (Lipinski definition) is 1. The van der Waals surface area contributed by atoms with Crippen molar-refractivity contribution < 1.29 is 8.42 Å². The lowest BCUT2D eigenvalue weighted by atomic mass is 9.96. The largest absolute Gasteiger partial charge is 0.312 e. The highest BCUT2D eigenvalue weighted by Crippen LogP contribution is 2.25. The first-order valence-corrected chi connectivity index (χ1v) is 8.98. The SMILES string of the molecule is CCCNC(Cc1ccncc1Cl)C(C)(C)S(C)(=O)=O. The molecule has 0 saturated heterocycles. The van der Waals surface area contributed by atoms with E-state index >= 15 is 0 Å². The Morgan fingerprint density at radius 3 is 2.60 bits per heavy atom. The van der Waals surface area contributed by atoms with Crippen LogP contribution in [0.4, 0.5) is 0 Å². The molecule has 1 heterocycles. The maximum absolute atomic E-state index is 12.0. The molecule has 0 aliphatic carbocycles. The van der Waals surface area contributed by atoms with Crippen LogP contribution in [0.1, 0.15) is 32.8 Å². The summed E-state index contributed by atoms with van der Waals surface area (Å²) in [5.41, 5.74) is 0.909. The Labute approximate surface area is 126 Å². The summed E-state index contributed by atoms with van der Waals surface area (Å²) in [6.07, 6.45) is 6.04. The third-order valence-corrected chi connectivity index (χ3v) is 6.25. The topological polar surface area (TPSA) is 59.1 Å². The molecule has 20 heavy (non-hydrogen) atoms. The van der Waals surface area contributed by atoms with Crippen molar-refractivity contribution in [1.82, 2.24) is 10.3 Å². The van der Waals surface area contributed by atoms with Gasteiger partial charge in [-0.1, -0.05) is 18.5 Å². The van der Waals surface area contributed by atoms with E-state index in [1.807, 2.05) is 6.07 Å². The van der Waals surface area contributed by atoms with Crippen LogP contribution < -0.4 is 5.32 Å². The van der Waals surface area contributed by atoms with Gasteiger partial charge in [-0.25, -0.2) is 8.42 Å². The van der Waals surface area contributed by atoms with Gasteiger partial charge in [0.05, 0.1) is 9.77 Å². The van der Waals surface area contributed by atoms with E-state index in [-0.39, 0.29) is 6.04 Å². The smallest absolute Gasteiger partial charge is 0.154 e. The van der Waals surface area contributed by atoms with Crippen LogP contribution in [0.5, 0.6) is 0 Å². The molecule has 0 spiro atoms. The zero-order chi connectivity index (χ0) is 15.4. The summed E-state index contributed by atoms with van der Waals surface area (Å²) < 4.78 is 23.2. The predicted molar refractivity (Wildman–Crippen MR) is 84.0 cm³/mol. The number of nitrogens with one attached hydrogen (secondary N) is 1. The third kappa shape index (κ3) is 4.17. The second kappa shape index (κ2) is 6.87. The van der Waals surface area contributed by atoms with Crippen molar-refractivity contribution in [2.24, 2.45) is 0 Å². The first-order valence-electron chi connectivity index (χ1n) is 6.71. The molecule has 0 aliphatic heterocycles. The molecule has 6 heteroatoms. The molecule has 0 fully saturated rings. The van der Waals surface area contributed by atoms with Gasteiger partial charge in [-0.3, -0.25) is 4.98 Å². The van der Waals surface area contributed by atoms with E-state index in [0.29, 0.717) is 11.4 Å². The van der Waals surface area contributed by atoms with Gasteiger partial charge in [0.25, 0.3) is 0 Å². The molecular formula is C14H23ClN2O2S. The molecule has 1 aromatic heterocycles. The quantitative estimate of drug-likeness (QED) is 0.839. The van der Waals surface area contributed by atoms with Gasteiger partial charge in [-0.2, -0.15) is 0 Å². The highest BCUT2D eigenvalue weighted by Gasteiger charge is 2.38. The van der Waals surface area contributed by atoms with Crippen LogP contribution in [0.3, 0.4) is 0 Å². The van der Waals surface area contributed by atoms with E-state index in [1.54, 1.807) is 26.2 Å². The number of aromatic nitrogens is 1. The fourth-order valence-corrected chi connectivity index (χ4v) is 2.81. The lowest BCUT2D eigenvalue weighted by Crippen LogP contribution is -2.52. The second-order valence-corrected chi connectivity index (χ2v) is 8.56. The monoisotopic (exact) mass is 318 g/mol. The summed E-state index contributed by atoms with van der Waals surface area (Å²) in [5, 5.41) is 3.90. The molecule has 1 rings (SSSR count). The molecule has 114 valence electrons. The third-order valence-electron chi connectivity index (χ3n) is 3.72. The summed E-state index contributed by atoms with van der Waals surface area (Å²) in [4.78, 5) is 3.95. The molecule has 1 unspecified atom stereocenters. The van der Waals surface area contributed by atoms with Crippen LogP contribution in [0, 0.1) is 0 Å². The Hall–Kier alpha value is -0.650. The van der Waals surface area contributed by atoms with Crippen LogP contribution in [-0.4, -0.2) is 37.0 Å². The van der Waals surface area contributed by atoms with Gasteiger partial charge in [0.15, 0.2) is 9.84 Å². The fraction of sp³-hybridized carbons (Fsp3) is 0.643. The van der Waals surface area contributed by atoms with Crippen LogP contribution in [-0.2, 0) is 16.3 Å². The van der Waals surface area contributed by atoms with Gasteiger partial charge in [-0.15, -0.1) is 0 Å². The molecule has 0 amide bonds. The highest BCUT2D eigenvalue weighted by atomic mass is 35.5. The maximum Gasteiger partial charge on any atom is 0.154 e. The Morgan fingerprint density at radius 1 is 1.45 bits per heavy atom. The lowest BCUT2D eigenvalue weighted by molar-refractivity contribution is 0.406. The number of rotatable bonds is 7. The average molecular weight is 319 g/mol. The lowest BCUT2D eigenvalue weighted by Gasteiger charge is -2.34. The molecular weight excluding hydrogens is 296 g/mol. The van der Waals surface area contributed by atoms with Gasteiger partial charge in [-0.05, 0) is 44.9 Å². The Morgan fingerprint density at radius 2 is 2.10 bits per heavy atom. The summed E-state index contributed by atoms with van der Waals surface area (Å²) in [7, 11) is -3.19. The van der Waals surface area contributed by atoms with Gasteiger partial charge >= 0.3 is 0 Å². The molecule has 0 saturated carbocycles. The minimum absolute atomic E-state index is 0.197. The van der Waals surface area contributed by atoms with Crippen LogP contribution in [0.15, 0.2) is 18.5 Å². The van der Waals surface area contributed by atoms with Crippen molar-refractivity contribution in [2.75, 3.05) is 12.8 Å². The summed E-state index contributed by atoms with van der Waals surface area (Å²) in [5.74, 6) is 0. The van der Waals surface area contributed by atoms with Crippen molar-refractivity contribution in [2.45, 2.75) is 44.4 Å². The normalized spacial score (nSPS) is 14.2. The van der Waals surface area contributed by atoms with E-state index in [1.165, 1.54) is 6.26 Å². The van der Waals surface area contributed by atoms with Crippen molar-refractivity contribution in [3.05, 3.63) is 29.0 Å². The van der Waals surface area contributed by atoms with E-state index in [4.69, 9.17) is 11.6 Å². The number of sulfone groups is 1. The average Bonchev–Trinajstić information content (AvgIpc) is 2.35. The van der Waals surface area contributed by atoms with Crippen molar-refractivity contribution in [3.63, 3.8) is 0 Å². The minimum Gasteiger partial charge on any atom is -0.312 e. The Bertz CT molecular complexity index is 544. The zero-order valence-electron chi connectivity index (χ0n) is 12.5. The molecule has 1 atom stereocenters. The van der Waals surface area contributed by atoms with Crippen molar-refractivity contribution in [3.8, 4) is 0 Å². The molecule has 0 aliphatic rings. The highest BCUT2D eigenvalue weighted by molar-refractivity contribution is 7.92. The standard InChI is InChI=1S/C14H23ClN2O2S/c1-5-7-17-13(14(2,3)20(4,18)19)9-11-6-8-16-10-12(11)15/h6,8,10,13,17H,5,7,9H2,1-4H3. The molecule has 0 radical (unpaired) electrons. The molecule has 4 nitrogen and oxygen atoms in total. The van der Waals surface area contributed by atoms with Crippen LogP contribution in [0.25, 0.3) is 0 Å².